The molecule has 2 amide bonds. The number of anilines is 2. The summed E-state index contributed by atoms with van der Waals surface area (Å²) in [5.41, 5.74) is 3.86. The fourth-order valence-corrected chi connectivity index (χ4v) is 5.24. The van der Waals surface area contributed by atoms with Crippen molar-refractivity contribution in [3.05, 3.63) is 65.5 Å². The average Bonchev–Trinajstić information content (AvgIpc) is 3.54. The van der Waals surface area contributed by atoms with E-state index in [1.807, 2.05) is 29.8 Å². The van der Waals surface area contributed by atoms with Gasteiger partial charge in [0.05, 0.1) is 29.2 Å². The number of rotatable bonds is 7. The highest BCUT2D eigenvalue weighted by atomic mass is 19.1. The molecule has 0 aliphatic carbocycles. The molecule has 3 aromatic rings. The third-order valence-electron chi connectivity index (χ3n) is 7.05. The van der Waals surface area contributed by atoms with Crippen LogP contribution in [0, 0.1) is 17.7 Å². The molecule has 2 aliphatic heterocycles. The van der Waals surface area contributed by atoms with Gasteiger partial charge in [-0.3, -0.25) is 14.6 Å². The standard InChI is InChI=1S/C29H30FN5O3/c1-3-7-27(36)34-15-6-8-19(34)18-38-26-16-31-13-11-24(26)35-17-23(28-25(35)12-14-32-29(28)37)33-22-10-5-9-21(30)20(22)4-2/h5,9-11,13,16-17,19,33H,4,6,8,12,14-15,18H2,1-2H3,(H,32,37)/t19-/m0/s1. The van der Waals surface area contributed by atoms with Crippen LogP contribution in [0.3, 0.4) is 0 Å². The van der Waals surface area contributed by atoms with E-state index in [0.717, 1.165) is 24.2 Å². The monoisotopic (exact) mass is 515 g/mol. The lowest BCUT2D eigenvalue weighted by atomic mass is 10.1. The molecule has 0 saturated carbocycles. The maximum absolute atomic E-state index is 14.4. The molecule has 0 unspecified atom stereocenters. The van der Waals surface area contributed by atoms with Gasteiger partial charge in [-0.05, 0) is 50.3 Å². The number of nitrogens with one attached hydrogen (secondary N) is 2. The number of hydrogen-bond donors (Lipinski definition) is 2. The Morgan fingerprint density at radius 3 is 3.00 bits per heavy atom. The van der Waals surface area contributed by atoms with E-state index >= 15 is 0 Å². The third kappa shape index (κ3) is 4.82. The first-order valence-electron chi connectivity index (χ1n) is 12.9. The quantitative estimate of drug-likeness (QED) is 0.465. The molecule has 0 bridgehead atoms. The summed E-state index contributed by atoms with van der Waals surface area (Å²) in [6, 6.07) is 6.67. The van der Waals surface area contributed by atoms with Crippen molar-refractivity contribution in [1.29, 1.82) is 0 Å². The number of fused-ring (bicyclic) bond motifs is 1. The number of nitrogens with zero attached hydrogens (tertiary/aromatic N) is 3. The van der Waals surface area contributed by atoms with Crippen LogP contribution in [0.2, 0.25) is 0 Å². The van der Waals surface area contributed by atoms with Crippen LogP contribution in [0.4, 0.5) is 15.8 Å². The van der Waals surface area contributed by atoms with Gasteiger partial charge < -0.3 is 24.8 Å². The van der Waals surface area contributed by atoms with Crippen LogP contribution in [0.25, 0.3) is 5.69 Å². The number of amides is 2. The second-order valence-electron chi connectivity index (χ2n) is 9.31. The molecule has 38 heavy (non-hydrogen) atoms. The van der Waals surface area contributed by atoms with Gasteiger partial charge in [0, 0.05) is 48.8 Å². The number of carbonyl (C=O) groups excluding carboxylic acids is 2. The summed E-state index contributed by atoms with van der Waals surface area (Å²) in [5.74, 6) is 5.19. The lowest BCUT2D eigenvalue weighted by molar-refractivity contribution is -0.126. The summed E-state index contributed by atoms with van der Waals surface area (Å²) in [6.45, 7) is 5.03. The number of carbonyl (C=O) groups is 2. The normalized spacial score (nSPS) is 16.3. The Bertz CT molecular complexity index is 1440. The number of hydrogen-bond acceptors (Lipinski definition) is 5. The van der Waals surface area contributed by atoms with E-state index in [1.165, 1.54) is 6.07 Å². The molecule has 1 aromatic carbocycles. The molecule has 4 heterocycles. The Labute approximate surface area is 221 Å². The van der Waals surface area contributed by atoms with Crippen molar-refractivity contribution in [2.24, 2.45) is 0 Å². The summed E-state index contributed by atoms with van der Waals surface area (Å²) in [7, 11) is 0. The molecule has 5 rings (SSSR count). The van der Waals surface area contributed by atoms with Gasteiger partial charge in [0.1, 0.15) is 12.4 Å². The van der Waals surface area contributed by atoms with Crippen LogP contribution in [-0.4, -0.2) is 52.0 Å². The van der Waals surface area contributed by atoms with E-state index in [-0.39, 0.29) is 23.7 Å². The van der Waals surface area contributed by atoms with Gasteiger partial charge in [-0.2, -0.15) is 0 Å². The third-order valence-corrected chi connectivity index (χ3v) is 7.05. The fourth-order valence-electron chi connectivity index (χ4n) is 5.24. The highest BCUT2D eigenvalue weighted by molar-refractivity contribution is 6.03. The van der Waals surface area contributed by atoms with Gasteiger partial charge in [0.15, 0.2) is 5.75 Å². The smallest absolute Gasteiger partial charge is 0.298 e. The van der Waals surface area contributed by atoms with E-state index in [0.29, 0.717) is 60.8 Å². The Morgan fingerprint density at radius 1 is 1.32 bits per heavy atom. The highest BCUT2D eigenvalue weighted by Crippen LogP contribution is 2.35. The maximum atomic E-state index is 14.4. The number of halogens is 1. The maximum Gasteiger partial charge on any atom is 0.298 e. The van der Waals surface area contributed by atoms with Crippen molar-refractivity contribution in [2.45, 2.75) is 45.6 Å². The molecule has 2 N–H and O–H groups in total. The number of aromatic nitrogens is 2. The minimum Gasteiger partial charge on any atom is -0.488 e. The molecule has 1 saturated heterocycles. The predicted molar refractivity (Wildman–Crippen MR) is 142 cm³/mol. The zero-order chi connectivity index (χ0) is 26.6. The van der Waals surface area contributed by atoms with Crippen molar-refractivity contribution in [3.63, 3.8) is 0 Å². The van der Waals surface area contributed by atoms with Crippen molar-refractivity contribution < 1.29 is 18.7 Å². The van der Waals surface area contributed by atoms with E-state index < -0.39 is 0 Å². The first-order valence-corrected chi connectivity index (χ1v) is 12.9. The predicted octanol–water partition coefficient (Wildman–Crippen LogP) is 4.00. The van der Waals surface area contributed by atoms with Gasteiger partial charge in [0.2, 0.25) is 0 Å². The molecular weight excluding hydrogens is 485 g/mol. The number of likely N-dealkylation sites (tertiary alicyclic amines) is 1. The molecule has 196 valence electrons. The molecule has 8 nitrogen and oxygen atoms in total. The first kappa shape index (κ1) is 25.3. The molecule has 2 aromatic heterocycles. The van der Waals surface area contributed by atoms with Crippen LogP contribution >= 0.6 is 0 Å². The SMILES string of the molecule is CC#CC(=O)N1CCC[C@H]1COc1cnccc1-n1cc(Nc2cccc(F)c2CC)c2c1CCNC2=O. The van der Waals surface area contributed by atoms with Crippen LogP contribution in [0.5, 0.6) is 5.75 Å². The first-order chi connectivity index (χ1) is 18.5. The summed E-state index contributed by atoms with van der Waals surface area (Å²) in [5, 5.41) is 6.22. The molecular formula is C29H30FN5O3. The van der Waals surface area contributed by atoms with E-state index in [1.54, 1.807) is 30.3 Å². The van der Waals surface area contributed by atoms with E-state index in [2.05, 4.69) is 27.5 Å². The van der Waals surface area contributed by atoms with Gasteiger partial charge in [0.25, 0.3) is 11.8 Å². The van der Waals surface area contributed by atoms with Crippen LogP contribution < -0.4 is 15.4 Å². The zero-order valence-electron chi connectivity index (χ0n) is 21.5. The molecule has 1 fully saturated rings. The summed E-state index contributed by atoms with van der Waals surface area (Å²) < 4.78 is 22.6. The fraction of sp³-hybridized carbons (Fsp3) is 0.345. The zero-order valence-corrected chi connectivity index (χ0v) is 21.5. The summed E-state index contributed by atoms with van der Waals surface area (Å²) in [4.78, 5) is 31.4. The van der Waals surface area contributed by atoms with Crippen LogP contribution in [0.1, 0.15) is 48.3 Å². The number of pyridine rings is 1. The van der Waals surface area contributed by atoms with Gasteiger partial charge in [-0.25, -0.2) is 4.39 Å². The summed E-state index contributed by atoms with van der Waals surface area (Å²) in [6.07, 6.45) is 8.05. The summed E-state index contributed by atoms with van der Waals surface area (Å²) >= 11 is 0. The second kappa shape index (κ2) is 11.0. The molecule has 9 heteroatoms. The molecule has 0 spiro atoms. The number of ether oxygens (including phenoxy) is 1. The van der Waals surface area contributed by atoms with Gasteiger partial charge in [-0.15, -0.1) is 0 Å². The van der Waals surface area contributed by atoms with Crippen molar-refractivity contribution in [2.75, 3.05) is 25.0 Å². The van der Waals surface area contributed by atoms with Gasteiger partial charge in [-0.1, -0.05) is 18.9 Å². The molecule has 1 atom stereocenters. The Morgan fingerprint density at radius 2 is 2.18 bits per heavy atom. The van der Waals surface area contributed by atoms with Crippen LogP contribution in [-0.2, 0) is 17.6 Å². The lowest BCUT2D eigenvalue weighted by Gasteiger charge is -2.23. The Balaban J connectivity index is 1.48. The van der Waals surface area contributed by atoms with Crippen LogP contribution in [0.15, 0.2) is 42.9 Å². The molecule has 2 aliphatic rings. The van der Waals surface area contributed by atoms with Crippen molar-refractivity contribution >= 4 is 23.2 Å². The topological polar surface area (TPSA) is 88.5 Å². The second-order valence-corrected chi connectivity index (χ2v) is 9.31. The average molecular weight is 516 g/mol. The van der Waals surface area contributed by atoms with E-state index in [9.17, 15) is 14.0 Å². The van der Waals surface area contributed by atoms with Crippen molar-refractivity contribution in [3.8, 4) is 23.3 Å². The van der Waals surface area contributed by atoms with Crippen molar-refractivity contribution in [1.82, 2.24) is 19.8 Å². The van der Waals surface area contributed by atoms with E-state index in [4.69, 9.17) is 4.74 Å². The minimum atomic E-state index is -0.288. The Hall–Kier alpha value is -4.32. The molecule has 0 radical (unpaired) electrons. The number of benzene rings is 1. The highest BCUT2D eigenvalue weighted by Gasteiger charge is 2.30. The Kier molecular flexibility index (Phi) is 7.31. The van der Waals surface area contributed by atoms with Gasteiger partial charge >= 0.3 is 0 Å². The largest absolute Gasteiger partial charge is 0.488 e. The minimum absolute atomic E-state index is 0.0709. The lowest BCUT2D eigenvalue weighted by Crippen LogP contribution is -2.38.